The van der Waals surface area contributed by atoms with Crippen molar-refractivity contribution in [2.75, 3.05) is 11.5 Å². The molecule has 1 aliphatic rings. The van der Waals surface area contributed by atoms with Gasteiger partial charge in [0.15, 0.2) is 0 Å². The third kappa shape index (κ3) is 4.49. The van der Waals surface area contributed by atoms with Crippen LogP contribution in [0.15, 0.2) is 0 Å². The van der Waals surface area contributed by atoms with Gasteiger partial charge in [-0.05, 0) is 18.8 Å². The number of hydrogen-bond acceptors (Lipinski definition) is 4. The molecule has 6 heteroatoms. The highest BCUT2D eigenvalue weighted by Crippen LogP contribution is 2.29. The molecular weight excluding hydrogens is 228 g/mol. The molecule has 4 N–H and O–H groups in total. The summed E-state index contributed by atoms with van der Waals surface area (Å²) >= 11 is 0. The maximum Gasteiger partial charge on any atom is 0.320 e. The summed E-state index contributed by atoms with van der Waals surface area (Å²) in [5.41, 5.74) is 5.31. The van der Waals surface area contributed by atoms with Crippen LogP contribution in [0.4, 0.5) is 0 Å². The van der Waals surface area contributed by atoms with Crippen LogP contribution in [0.3, 0.4) is 0 Å². The first-order valence-corrected chi connectivity index (χ1v) is 7.53. The summed E-state index contributed by atoms with van der Waals surface area (Å²) in [6, 6.07) is -0.991. The predicted octanol–water partition coefficient (Wildman–Crippen LogP) is 1.03. The van der Waals surface area contributed by atoms with Gasteiger partial charge in [-0.25, -0.2) is 4.21 Å². The van der Waals surface area contributed by atoms with E-state index in [0.717, 1.165) is 6.42 Å². The summed E-state index contributed by atoms with van der Waals surface area (Å²) in [6.45, 7) is 0. The highest BCUT2D eigenvalue weighted by Gasteiger charge is 2.20. The molecule has 0 heterocycles. The predicted molar refractivity (Wildman–Crippen MR) is 62.8 cm³/mol. The van der Waals surface area contributed by atoms with Crippen LogP contribution in [-0.4, -0.2) is 32.8 Å². The van der Waals surface area contributed by atoms with Gasteiger partial charge in [0.25, 0.3) is 0 Å². The lowest BCUT2D eigenvalue weighted by Crippen LogP contribution is -2.32. The number of hydrogen-bond donors (Lipinski definition) is 3. The highest BCUT2D eigenvalue weighted by molar-refractivity contribution is 7.92. The Balaban J connectivity index is 2.24. The second-order valence-electron chi connectivity index (χ2n) is 4.54. The fourth-order valence-corrected chi connectivity index (χ4v) is 3.23. The van der Waals surface area contributed by atoms with Crippen molar-refractivity contribution in [1.82, 2.24) is 0 Å². The van der Waals surface area contributed by atoms with Gasteiger partial charge >= 0.3 is 5.97 Å². The molecule has 1 aliphatic carbocycles. The molecule has 2 atom stereocenters. The van der Waals surface area contributed by atoms with Gasteiger partial charge in [0, 0.05) is 21.2 Å². The fraction of sp³-hybridized carbons (Fsp3) is 0.900. The number of rotatable bonds is 7. The summed E-state index contributed by atoms with van der Waals surface area (Å²) in [6.07, 6.45) is 4.58. The van der Waals surface area contributed by atoms with Crippen LogP contribution >= 0.6 is 0 Å². The van der Waals surface area contributed by atoms with E-state index in [1.165, 1.54) is 19.3 Å². The molecule has 0 spiro atoms. The Morgan fingerprint density at radius 2 is 2.12 bits per heavy atom. The van der Waals surface area contributed by atoms with Crippen molar-refractivity contribution in [2.24, 2.45) is 11.7 Å². The SMILES string of the molecule is N=S(=O)(CCC1CCC1)CCC(N)C(=O)O. The Morgan fingerprint density at radius 3 is 2.56 bits per heavy atom. The topological polar surface area (TPSA) is 104 Å². The van der Waals surface area contributed by atoms with Crippen molar-refractivity contribution in [3.63, 3.8) is 0 Å². The van der Waals surface area contributed by atoms with Crippen LogP contribution in [0.1, 0.15) is 32.1 Å². The monoisotopic (exact) mass is 248 g/mol. The maximum absolute atomic E-state index is 11.8. The van der Waals surface area contributed by atoms with Gasteiger partial charge in [-0.15, -0.1) is 0 Å². The number of nitrogens with one attached hydrogen (secondary N) is 1. The Labute approximate surface area is 96.4 Å². The third-order valence-electron chi connectivity index (χ3n) is 3.16. The maximum atomic E-state index is 11.8. The number of carbonyl (C=O) groups is 1. The summed E-state index contributed by atoms with van der Waals surface area (Å²) in [4.78, 5) is 10.5. The molecule has 0 radical (unpaired) electrons. The molecule has 94 valence electrons. The summed E-state index contributed by atoms with van der Waals surface area (Å²) in [5.74, 6) is 0.0468. The standard InChI is InChI=1S/C10H20N2O3S/c11-9(10(13)14)5-7-16(12,15)6-4-8-2-1-3-8/h8-9,12H,1-7,11H2,(H,13,14). The molecule has 0 amide bonds. The third-order valence-corrected chi connectivity index (χ3v) is 4.95. The largest absolute Gasteiger partial charge is 0.480 e. The van der Waals surface area contributed by atoms with E-state index in [2.05, 4.69) is 0 Å². The minimum Gasteiger partial charge on any atom is -0.480 e. The van der Waals surface area contributed by atoms with Gasteiger partial charge in [-0.1, -0.05) is 19.3 Å². The number of nitrogens with two attached hydrogens (primary N) is 1. The Bertz CT molecular complexity index is 336. The molecule has 0 aliphatic heterocycles. The number of carboxylic acids is 1. The minimum absolute atomic E-state index is 0.104. The molecule has 0 bridgehead atoms. The van der Waals surface area contributed by atoms with Crippen LogP contribution in [0.25, 0.3) is 0 Å². The van der Waals surface area contributed by atoms with Crippen molar-refractivity contribution in [3.8, 4) is 0 Å². The Hall–Kier alpha value is -0.620. The van der Waals surface area contributed by atoms with E-state index in [4.69, 9.17) is 15.6 Å². The van der Waals surface area contributed by atoms with E-state index in [-0.39, 0.29) is 12.2 Å². The van der Waals surface area contributed by atoms with Gasteiger partial charge in [-0.2, -0.15) is 0 Å². The van der Waals surface area contributed by atoms with Crippen LogP contribution in [0.2, 0.25) is 0 Å². The van der Waals surface area contributed by atoms with Crippen LogP contribution in [-0.2, 0) is 14.5 Å². The van der Waals surface area contributed by atoms with Crippen LogP contribution < -0.4 is 5.73 Å². The quantitative estimate of drug-likeness (QED) is 0.625. The summed E-state index contributed by atoms with van der Waals surface area (Å²) < 4.78 is 19.4. The lowest BCUT2D eigenvalue weighted by molar-refractivity contribution is -0.138. The number of aliphatic carboxylic acids is 1. The molecule has 1 saturated carbocycles. The van der Waals surface area contributed by atoms with E-state index in [1.807, 2.05) is 0 Å². The van der Waals surface area contributed by atoms with Crippen molar-refractivity contribution >= 4 is 15.7 Å². The molecule has 1 rings (SSSR count). The molecular formula is C10H20N2O3S. The normalized spacial score (nSPS) is 22.1. The van der Waals surface area contributed by atoms with Crippen LogP contribution in [0, 0.1) is 10.7 Å². The molecule has 0 aromatic heterocycles. The van der Waals surface area contributed by atoms with Gasteiger partial charge in [0.1, 0.15) is 6.04 Å². The smallest absolute Gasteiger partial charge is 0.320 e. The zero-order valence-electron chi connectivity index (χ0n) is 9.35. The average molecular weight is 248 g/mol. The molecule has 0 aromatic carbocycles. The van der Waals surface area contributed by atoms with E-state index in [1.54, 1.807) is 0 Å². The van der Waals surface area contributed by atoms with E-state index >= 15 is 0 Å². The lowest BCUT2D eigenvalue weighted by atomic mass is 9.84. The van der Waals surface area contributed by atoms with E-state index in [9.17, 15) is 9.00 Å². The first-order valence-electron chi connectivity index (χ1n) is 5.63. The highest BCUT2D eigenvalue weighted by atomic mass is 32.2. The zero-order valence-corrected chi connectivity index (χ0v) is 10.2. The Morgan fingerprint density at radius 1 is 1.50 bits per heavy atom. The second kappa shape index (κ2) is 5.63. The molecule has 5 nitrogen and oxygen atoms in total. The van der Waals surface area contributed by atoms with Crippen molar-refractivity contribution in [3.05, 3.63) is 0 Å². The number of carboxylic acid groups (broad SMARTS) is 1. The van der Waals surface area contributed by atoms with Gasteiger partial charge in [0.05, 0.1) is 0 Å². The van der Waals surface area contributed by atoms with Crippen LogP contribution in [0.5, 0.6) is 0 Å². The fourth-order valence-electron chi connectivity index (χ4n) is 1.68. The van der Waals surface area contributed by atoms with E-state index in [0.29, 0.717) is 11.7 Å². The summed E-state index contributed by atoms with van der Waals surface area (Å²) in [7, 11) is -2.62. The van der Waals surface area contributed by atoms with Crippen molar-refractivity contribution in [1.29, 1.82) is 4.78 Å². The average Bonchev–Trinajstić information content (AvgIpc) is 2.11. The van der Waals surface area contributed by atoms with E-state index < -0.39 is 21.7 Å². The van der Waals surface area contributed by atoms with Gasteiger partial charge in [0.2, 0.25) is 0 Å². The van der Waals surface area contributed by atoms with Gasteiger partial charge < -0.3 is 10.8 Å². The second-order valence-corrected chi connectivity index (χ2v) is 6.98. The first kappa shape index (κ1) is 13.4. The zero-order chi connectivity index (χ0) is 12.2. The minimum atomic E-state index is -2.62. The molecule has 0 saturated heterocycles. The first-order chi connectivity index (χ1) is 7.41. The van der Waals surface area contributed by atoms with Crippen molar-refractivity contribution in [2.45, 2.75) is 38.1 Å². The molecule has 16 heavy (non-hydrogen) atoms. The Kier molecular flexibility index (Phi) is 4.73. The summed E-state index contributed by atoms with van der Waals surface area (Å²) in [5, 5.41) is 8.57. The van der Waals surface area contributed by atoms with Crippen molar-refractivity contribution < 1.29 is 14.1 Å². The lowest BCUT2D eigenvalue weighted by Gasteiger charge is -2.25. The molecule has 1 fully saturated rings. The molecule has 0 aromatic rings. The van der Waals surface area contributed by atoms with Gasteiger partial charge in [-0.3, -0.25) is 9.57 Å². The molecule has 2 unspecified atom stereocenters.